The van der Waals surface area contributed by atoms with Gasteiger partial charge in [0.05, 0.1) is 19.3 Å². The van der Waals surface area contributed by atoms with E-state index in [4.69, 9.17) is 10.5 Å². The highest BCUT2D eigenvalue weighted by Gasteiger charge is 2.34. The third-order valence-electron chi connectivity index (χ3n) is 1.49. The minimum atomic E-state index is -0.792. The molecular weight excluding hydrogens is 106 g/mol. The van der Waals surface area contributed by atoms with Crippen molar-refractivity contribution >= 4 is 0 Å². The number of hydrogen-bond donors (Lipinski definition) is 2. The van der Waals surface area contributed by atoms with Crippen LogP contribution in [0.25, 0.3) is 0 Å². The number of aliphatic hydroxyl groups is 1. The van der Waals surface area contributed by atoms with Crippen molar-refractivity contribution < 1.29 is 9.84 Å². The first-order chi connectivity index (χ1) is 3.63. The Kier molecular flexibility index (Phi) is 1.27. The minimum absolute atomic E-state index is 0.206. The molecular formula is C5H11NO2. The molecule has 48 valence electrons. The fourth-order valence-electron chi connectivity index (χ4n) is 0.679. The number of ether oxygens (including phenoxy) is 1. The summed E-state index contributed by atoms with van der Waals surface area (Å²) in [5.74, 6) is 0. The summed E-state index contributed by atoms with van der Waals surface area (Å²) in [7, 11) is 0. The molecule has 2 atom stereocenters. The van der Waals surface area contributed by atoms with Gasteiger partial charge in [0.1, 0.15) is 5.60 Å². The molecule has 3 heteroatoms. The third kappa shape index (κ3) is 0.844. The fraction of sp³-hybridized carbons (Fsp3) is 1.00. The highest BCUT2D eigenvalue weighted by molar-refractivity contribution is 4.89. The lowest BCUT2D eigenvalue weighted by Gasteiger charge is -2.18. The van der Waals surface area contributed by atoms with E-state index in [0.717, 1.165) is 0 Å². The van der Waals surface area contributed by atoms with Gasteiger partial charge in [-0.25, -0.2) is 0 Å². The van der Waals surface area contributed by atoms with Gasteiger partial charge in [0.25, 0.3) is 0 Å². The molecule has 0 unspecified atom stereocenters. The van der Waals surface area contributed by atoms with Gasteiger partial charge in [0.15, 0.2) is 0 Å². The van der Waals surface area contributed by atoms with E-state index in [1.807, 2.05) is 0 Å². The summed E-state index contributed by atoms with van der Waals surface area (Å²) in [6.45, 7) is 2.53. The average molecular weight is 117 g/mol. The molecule has 1 rings (SSSR count). The predicted molar refractivity (Wildman–Crippen MR) is 29.4 cm³/mol. The van der Waals surface area contributed by atoms with Gasteiger partial charge in [-0.2, -0.15) is 0 Å². The van der Waals surface area contributed by atoms with Gasteiger partial charge >= 0.3 is 0 Å². The molecule has 0 aliphatic carbocycles. The van der Waals surface area contributed by atoms with Crippen molar-refractivity contribution in [2.24, 2.45) is 5.73 Å². The first-order valence-corrected chi connectivity index (χ1v) is 2.68. The highest BCUT2D eigenvalue weighted by Crippen LogP contribution is 2.15. The normalized spacial score (nSPS) is 47.6. The summed E-state index contributed by atoms with van der Waals surface area (Å²) in [5.41, 5.74) is 4.65. The molecule has 0 aromatic carbocycles. The summed E-state index contributed by atoms with van der Waals surface area (Å²) in [6, 6.07) is -0.206. The van der Waals surface area contributed by atoms with Crippen LogP contribution in [0.3, 0.4) is 0 Å². The maximum Gasteiger partial charge on any atom is 0.102 e. The molecule has 0 amide bonds. The van der Waals surface area contributed by atoms with Crippen LogP contribution in [-0.2, 0) is 4.74 Å². The molecule has 0 aromatic rings. The van der Waals surface area contributed by atoms with Crippen LogP contribution in [0.5, 0.6) is 0 Å². The standard InChI is InChI=1S/C5H11NO2/c1-5(7)3-8-2-4(5)6/h4,7H,2-3,6H2,1H3/t4-,5+/m0/s1. The van der Waals surface area contributed by atoms with Gasteiger partial charge < -0.3 is 15.6 Å². The van der Waals surface area contributed by atoms with Crippen molar-refractivity contribution in [1.82, 2.24) is 0 Å². The summed E-state index contributed by atoms with van der Waals surface area (Å²) in [4.78, 5) is 0. The SMILES string of the molecule is C[C@@]1(O)COC[C@@H]1N. The van der Waals surface area contributed by atoms with Gasteiger partial charge in [0.2, 0.25) is 0 Å². The lowest BCUT2D eigenvalue weighted by Crippen LogP contribution is -2.43. The third-order valence-corrected chi connectivity index (χ3v) is 1.49. The molecule has 0 radical (unpaired) electrons. The van der Waals surface area contributed by atoms with Crippen LogP contribution in [0.15, 0.2) is 0 Å². The number of nitrogens with two attached hydrogens (primary N) is 1. The van der Waals surface area contributed by atoms with Crippen LogP contribution < -0.4 is 5.73 Å². The zero-order chi connectivity index (χ0) is 6.20. The summed E-state index contributed by atoms with van der Waals surface area (Å²) < 4.78 is 4.90. The van der Waals surface area contributed by atoms with E-state index >= 15 is 0 Å². The van der Waals surface area contributed by atoms with Gasteiger partial charge in [-0.05, 0) is 6.92 Å². The molecule has 0 bridgehead atoms. The van der Waals surface area contributed by atoms with E-state index in [0.29, 0.717) is 13.2 Å². The molecule has 0 aromatic heterocycles. The molecule has 8 heavy (non-hydrogen) atoms. The second-order valence-electron chi connectivity index (χ2n) is 2.48. The predicted octanol–water partition coefficient (Wildman–Crippen LogP) is -0.905. The first kappa shape index (κ1) is 6.01. The molecule has 0 saturated carbocycles. The van der Waals surface area contributed by atoms with E-state index in [9.17, 15) is 5.11 Å². The van der Waals surface area contributed by atoms with Crippen molar-refractivity contribution in [3.05, 3.63) is 0 Å². The monoisotopic (exact) mass is 117 g/mol. The van der Waals surface area contributed by atoms with Crippen LogP contribution in [-0.4, -0.2) is 30.0 Å². The Bertz CT molecular complexity index is 92.4. The molecule has 1 heterocycles. The minimum Gasteiger partial charge on any atom is -0.386 e. The Morgan fingerprint density at radius 3 is 2.62 bits per heavy atom. The van der Waals surface area contributed by atoms with Gasteiger partial charge in [-0.1, -0.05) is 0 Å². The van der Waals surface area contributed by atoms with Gasteiger partial charge in [-0.3, -0.25) is 0 Å². The van der Waals surface area contributed by atoms with Gasteiger partial charge in [-0.15, -0.1) is 0 Å². The summed E-state index contributed by atoms with van der Waals surface area (Å²) in [6.07, 6.45) is 0. The second kappa shape index (κ2) is 1.69. The van der Waals surface area contributed by atoms with Crippen LogP contribution in [0.2, 0.25) is 0 Å². The van der Waals surface area contributed by atoms with Crippen molar-refractivity contribution in [1.29, 1.82) is 0 Å². The molecule has 1 fully saturated rings. The maximum atomic E-state index is 9.21. The average Bonchev–Trinajstić information content (AvgIpc) is 1.86. The van der Waals surface area contributed by atoms with Crippen LogP contribution >= 0.6 is 0 Å². The summed E-state index contributed by atoms with van der Waals surface area (Å²) >= 11 is 0. The van der Waals surface area contributed by atoms with E-state index in [2.05, 4.69) is 0 Å². The Hall–Kier alpha value is -0.120. The van der Waals surface area contributed by atoms with E-state index in [-0.39, 0.29) is 6.04 Å². The quantitative estimate of drug-likeness (QED) is 0.432. The smallest absolute Gasteiger partial charge is 0.102 e. The molecule has 3 N–H and O–H groups in total. The van der Waals surface area contributed by atoms with E-state index in [1.165, 1.54) is 0 Å². The van der Waals surface area contributed by atoms with Crippen molar-refractivity contribution in [2.45, 2.75) is 18.6 Å². The Morgan fingerprint density at radius 2 is 2.50 bits per heavy atom. The zero-order valence-corrected chi connectivity index (χ0v) is 4.92. The van der Waals surface area contributed by atoms with Crippen LogP contribution in [0.1, 0.15) is 6.92 Å². The second-order valence-corrected chi connectivity index (χ2v) is 2.48. The Labute approximate surface area is 48.4 Å². The van der Waals surface area contributed by atoms with Crippen LogP contribution in [0.4, 0.5) is 0 Å². The first-order valence-electron chi connectivity index (χ1n) is 2.68. The Balaban J connectivity index is 2.54. The lowest BCUT2D eigenvalue weighted by molar-refractivity contribution is 0.0361. The summed E-state index contributed by atoms with van der Waals surface area (Å²) in [5, 5.41) is 9.21. The molecule has 1 aliphatic rings. The molecule has 1 aliphatic heterocycles. The van der Waals surface area contributed by atoms with Gasteiger partial charge in [0, 0.05) is 0 Å². The molecule has 0 spiro atoms. The van der Waals surface area contributed by atoms with E-state index in [1.54, 1.807) is 6.92 Å². The van der Waals surface area contributed by atoms with E-state index < -0.39 is 5.60 Å². The Morgan fingerprint density at radius 1 is 1.88 bits per heavy atom. The topological polar surface area (TPSA) is 55.5 Å². The number of hydrogen-bond acceptors (Lipinski definition) is 3. The fourth-order valence-corrected chi connectivity index (χ4v) is 0.679. The number of rotatable bonds is 0. The highest BCUT2D eigenvalue weighted by atomic mass is 16.5. The largest absolute Gasteiger partial charge is 0.386 e. The molecule has 3 nitrogen and oxygen atoms in total. The van der Waals surface area contributed by atoms with Crippen molar-refractivity contribution in [3.63, 3.8) is 0 Å². The van der Waals surface area contributed by atoms with Crippen molar-refractivity contribution in [3.8, 4) is 0 Å². The van der Waals surface area contributed by atoms with Crippen LogP contribution in [0, 0.1) is 0 Å². The maximum absolute atomic E-state index is 9.21. The molecule has 1 saturated heterocycles. The lowest BCUT2D eigenvalue weighted by atomic mass is 10.0. The van der Waals surface area contributed by atoms with Crippen molar-refractivity contribution in [2.75, 3.05) is 13.2 Å². The zero-order valence-electron chi connectivity index (χ0n) is 4.92.